The van der Waals surface area contributed by atoms with Gasteiger partial charge < -0.3 is 28.7 Å². The van der Waals surface area contributed by atoms with Gasteiger partial charge in [-0.3, -0.25) is 14.4 Å². The molecule has 0 bridgehead atoms. The smallest absolute Gasteiger partial charge is 0.224 e. The summed E-state index contributed by atoms with van der Waals surface area (Å²) in [7, 11) is 5.18. The van der Waals surface area contributed by atoms with Gasteiger partial charge in [0.05, 0.1) is 59.3 Å². The van der Waals surface area contributed by atoms with Gasteiger partial charge in [0.25, 0.3) is 0 Å². The number of carbonyl (C=O) groups is 3. The fourth-order valence-electron chi connectivity index (χ4n) is 2.28. The van der Waals surface area contributed by atoms with E-state index in [0.717, 1.165) is 0 Å². The van der Waals surface area contributed by atoms with Crippen molar-refractivity contribution in [3.63, 3.8) is 0 Å². The van der Waals surface area contributed by atoms with Gasteiger partial charge in [0.2, 0.25) is 11.8 Å². The molecule has 0 aromatic rings. The van der Waals surface area contributed by atoms with Crippen molar-refractivity contribution < 1.29 is 33.3 Å². The lowest BCUT2D eigenvalue weighted by Gasteiger charge is -2.17. The Hall–Kier alpha value is -1.55. The first-order valence-corrected chi connectivity index (χ1v) is 10.6. The molecule has 0 saturated carbocycles. The zero-order valence-electron chi connectivity index (χ0n) is 19.2. The fraction of sp³-hybridized carbons (Fsp3) is 0.857. The van der Waals surface area contributed by atoms with E-state index in [4.69, 9.17) is 18.9 Å². The van der Waals surface area contributed by atoms with Crippen LogP contribution in [0.3, 0.4) is 0 Å². The minimum atomic E-state index is 0.0316. The molecule has 9 heteroatoms. The van der Waals surface area contributed by atoms with Crippen LogP contribution < -0.4 is 0 Å². The molecule has 0 rings (SSSR count). The van der Waals surface area contributed by atoms with Crippen LogP contribution in [0.5, 0.6) is 0 Å². The van der Waals surface area contributed by atoms with Crippen molar-refractivity contribution in [2.75, 3.05) is 80.5 Å². The third kappa shape index (κ3) is 17.3. The van der Waals surface area contributed by atoms with Crippen LogP contribution in [0.2, 0.25) is 0 Å². The summed E-state index contributed by atoms with van der Waals surface area (Å²) in [4.78, 5) is 37.6. The lowest BCUT2D eigenvalue weighted by Crippen LogP contribution is -2.30. The molecule has 0 unspecified atom stereocenters. The van der Waals surface area contributed by atoms with Crippen molar-refractivity contribution in [2.45, 2.75) is 39.0 Å². The Morgan fingerprint density at radius 3 is 1.63 bits per heavy atom. The monoisotopic (exact) mass is 432 g/mol. The second-order valence-corrected chi connectivity index (χ2v) is 7.05. The first kappa shape index (κ1) is 28.5. The molecule has 0 aliphatic heterocycles. The molecular weight excluding hydrogens is 392 g/mol. The normalized spacial score (nSPS) is 10.8. The van der Waals surface area contributed by atoms with Crippen LogP contribution in [0.15, 0.2) is 0 Å². The van der Waals surface area contributed by atoms with Gasteiger partial charge in [-0.15, -0.1) is 0 Å². The Balaban J connectivity index is 3.35. The second-order valence-electron chi connectivity index (χ2n) is 7.05. The molecule has 0 aromatic heterocycles. The van der Waals surface area contributed by atoms with Crippen molar-refractivity contribution in [3.8, 4) is 0 Å². The number of ketones is 1. The summed E-state index contributed by atoms with van der Waals surface area (Å²) in [5, 5.41) is 0. The van der Waals surface area contributed by atoms with E-state index in [1.165, 1.54) is 0 Å². The third-order valence-corrected chi connectivity index (χ3v) is 4.31. The molecule has 30 heavy (non-hydrogen) atoms. The summed E-state index contributed by atoms with van der Waals surface area (Å²) in [6.45, 7) is 5.96. The largest absolute Gasteiger partial charge is 0.379 e. The van der Waals surface area contributed by atoms with E-state index in [9.17, 15) is 14.4 Å². The number of carbonyl (C=O) groups excluding carboxylic acids is 3. The molecule has 0 N–H and O–H groups in total. The van der Waals surface area contributed by atoms with Gasteiger partial charge >= 0.3 is 0 Å². The highest BCUT2D eigenvalue weighted by atomic mass is 16.6. The summed E-state index contributed by atoms with van der Waals surface area (Å²) in [6.07, 6.45) is 2.37. The predicted molar refractivity (Wildman–Crippen MR) is 113 cm³/mol. The van der Waals surface area contributed by atoms with E-state index in [1.807, 2.05) is 6.92 Å². The highest BCUT2D eigenvalue weighted by Crippen LogP contribution is 2.02. The number of likely N-dealkylation sites (N-methyl/N-ethyl adjacent to an activating group) is 1. The second kappa shape index (κ2) is 19.4. The molecule has 176 valence electrons. The maximum atomic E-state index is 11.9. The van der Waals surface area contributed by atoms with E-state index in [1.54, 1.807) is 30.9 Å². The Morgan fingerprint density at radius 1 is 0.633 bits per heavy atom. The average molecular weight is 433 g/mol. The van der Waals surface area contributed by atoms with Crippen LogP contribution in [0.1, 0.15) is 39.0 Å². The maximum Gasteiger partial charge on any atom is 0.224 e. The predicted octanol–water partition coefficient (Wildman–Crippen LogP) is 1.14. The Bertz CT molecular complexity index is 472. The quantitative estimate of drug-likeness (QED) is 0.266. The summed E-state index contributed by atoms with van der Waals surface area (Å²) in [5.41, 5.74) is 0. The fourth-order valence-corrected chi connectivity index (χ4v) is 2.28. The van der Waals surface area contributed by atoms with Crippen molar-refractivity contribution in [2.24, 2.45) is 0 Å². The summed E-state index contributed by atoms with van der Waals surface area (Å²) < 4.78 is 21.6. The summed E-state index contributed by atoms with van der Waals surface area (Å²) in [5.74, 6) is 0.273. The van der Waals surface area contributed by atoms with Crippen molar-refractivity contribution in [3.05, 3.63) is 0 Å². The first-order chi connectivity index (χ1) is 14.4. The maximum absolute atomic E-state index is 11.9. The van der Waals surface area contributed by atoms with E-state index in [2.05, 4.69) is 0 Å². The average Bonchev–Trinajstić information content (AvgIpc) is 2.73. The van der Waals surface area contributed by atoms with Crippen molar-refractivity contribution >= 4 is 17.6 Å². The lowest BCUT2D eigenvalue weighted by atomic mass is 10.1. The molecule has 0 aliphatic rings. The SMILES string of the molecule is CCC(=O)CCCC(=O)N(C)CCOCCOCCOCCOCCC(=O)N(C)C. The molecule has 0 aromatic carbocycles. The number of nitrogens with zero attached hydrogens (tertiary/aromatic N) is 2. The van der Waals surface area contributed by atoms with E-state index in [0.29, 0.717) is 91.5 Å². The molecule has 0 radical (unpaired) electrons. The van der Waals surface area contributed by atoms with Crippen molar-refractivity contribution in [1.82, 2.24) is 9.80 Å². The van der Waals surface area contributed by atoms with Gasteiger partial charge in [-0.1, -0.05) is 6.92 Å². The molecule has 0 atom stereocenters. The zero-order chi connectivity index (χ0) is 22.6. The molecule has 2 amide bonds. The van der Waals surface area contributed by atoms with E-state index < -0.39 is 0 Å². The Kier molecular flexibility index (Phi) is 18.4. The van der Waals surface area contributed by atoms with Crippen LogP contribution in [0.4, 0.5) is 0 Å². The highest BCUT2D eigenvalue weighted by molar-refractivity contribution is 5.80. The highest BCUT2D eigenvalue weighted by Gasteiger charge is 2.09. The van der Waals surface area contributed by atoms with Crippen LogP contribution >= 0.6 is 0 Å². The van der Waals surface area contributed by atoms with E-state index in [-0.39, 0.29) is 17.6 Å². The van der Waals surface area contributed by atoms with Gasteiger partial charge in [0, 0.05) is 47.0 Å². The summed E-state index contributed by atoms with van der Waals surface area (Å²) >= 11 is 0. The molecule has 0 spiro atoms. The zero-order valence-corrected chi connectivity index (χ0v) is 19.2. The van der Waals surface area contributed by atoms with Gasteiger partial charge in [-0.05, 0) is 6.42 Å². The molecular formula is C21H40N2O7. The molecule has 0 heterocycles. The Labute approximate surface area is 180 Å². The minimum absolute atomic E-state index is 0.0316. The standard InChI is InChI=1S/C21H40N2O7/c1-5-19(24)7-6-8-21(26)23(4)10-12-28-14-16-30-18-17-29-15-13-27-11-9-20(25)22(2)3/h5-18H2,1-4H3. The van der Waals surface area contributed by atoms with Crippen LogP contribution in [-0.4, -0.2) is 108 Å². The number of ether oxygens (including phenoxy) is 4. The number of amides is 2. The Morgan fingerprint density at radius 2 is 1.13 bits per heavy atom. The van der Waals surface area contributed by atoms with Gasteiger partial charge in [-0.2, -0.15) is 0 Å². The molecule has 0 fully saturated rings. The van der Waals surface area contributed by atoms with Gasteiger partial charge in [0.15, 0.2) is 0 Å². The van der Waals surface area contributed by atoms with Crippen LogP contribution in [0, 0.1) is 0 Å². The number of rotatable bonds is 20. The molecule has 0 aliphatic carbocycles. The number of Topliss-reactive ketones (excluding diaryl/α,β-unsaturated/α-hetero) is 1. The van der Waals surface area contributed by atoms with Crippen LogP contribution in [0.25, 0.3) is 0 Å². The topological polar surface area (TPSA) is 94.6 Å². The first-order valence-electron chi connectivity index (χ1n) is 10.6. The van der Waals surface area contributed by atoms with Gasteiger partial charge in [0.1, 0.15) is 5.78 Å². The number of hydrogen-bond acceptors (Lipinski definition) is 7. The minimum Gasteiger partial charge on any atom is -0.379 e. The van der Waals surface area contributed by atoms with Gasteiger partial charge in [-0.25, -0.2) is 0 Å². The van der Waals surface area contributed by atoms with E-state index >= 15 is 0 Å². The molecule has 9 nitrogen and oxygen atoms in total. The van der Waals surface area contributed by atoms with Crippen LogP contribution in [-0.2, 0) is 33.3 Å². The number of hydrogen-bond donors (Lipinski definition) is 0. The van der Waals surface area contributed by atoms with Crippen molar-refractivity contribution in [1.29, 1.82) is 0 Å². The molecule has 0 saturated heterocycles. The lowest BCUT2D eigenvalue weighted by molar-refractivity contribution is -0.131. The third-order valence-electron chi connectivity index (χ3n) is 4.31. The summed E-state index contributed by atoms with van der Waals surface area (Å²) in [6, 6.07) is 0.